The van der Waals surface area contributed by atoms with Crippen molar-refractivity contribution < 1.29 is 27.9 Å². The Morgan fingerprint density at radius 1 is 0.974 bits per heavy atom. The van der Waals surface area contributed by atoms with Gasteiger partial charge < -0.3 is 10.4 Å². The van der Waals surface area contributed by atoms with E-state index in [9.17, 15) is 22.8 Å². The molecule has 1 amide bonds. The Labute approximate surface area is 230 Å². The fraction of sp³-hybridized carbons (Fsp3) is 0.367. The summed E-state index contributed by atoms with van der Waals surface area (Å²) in [4.78, 5) is 28.5. The van der Waals surface area contributed by atoms with E-state index in [1.807, 2.05) is 30.5 Å². The van der Waals surface area contributed by atoms with Crippen molar-refractivity contribution in [1.29, 1.82) is 0 Å². The summed E-state index contributed by atoms with van der Waals surface area (Å²) in [5.74, 6) is -0.660. The van der Waals surface area contributed by atoms with Crippen LogP contribution in [0.3, 0.4) is 0 Å². The number of nitrogens with one attached hydrogen (secondary N) is 1. The van der Waals surface area contributed by atoms with Gasteiger partial charge in [0, 0.05) is 34.0 Å². The Hall–Kier alpha value is -3.33. The van der Waals surface area contributed by atoms with Gasteiger partial charge in [0.05, 0.1) is 17.7 Å². The molecule has 1 saturated carbocycles. The molecule has 9 heteroatoms. The van der Waals surface area contributed by atoms with Crippen LogP contribution in [0.25, 0.3) is 11.3 Å². The van der Waals surface area contributed by atoms with E-state index in [-0.39, 0.29) is 24.1 Å². The number of benzene rings is 2. The van der Waals surface area contributed by atoms with Crippen molar-refractivity contribution in [3.8, 4) is 11.3 Å². The maximum atomic E-state index is 12.9. The fourth-order valence-corrected chi connectivity index (χ4v) is 6.07. The summed E-state index contributed by atoms with van der Waals surface area (Å²) in [6.07, 6.45) is 4.44. The van der Waals surface area contributed by atoms with Crippen molar-refractivity contribution in [3.63, 3.8) is 0 Å². The molecule has 1 aliphatic rings. The first-order valence-corrected chi connectivity index (χ1v) is 14.0. The molecule has 1 heterocycles. The third-order valence-electron chi connectivity index (χ3n) is 6.96. The van der Waals surface area contributed by atoms with Crippen LogP contribution in [0.5, 0.6) is 0 Å². The van der Waals surface area contributed by atoms with Crippen LogP contribution in [-0.4, -0.2) is 28.5 Å². The minimum atomic E-state index is -4.37. The third kappa shape index (κ3) is 8.33. The molecule has 39 heavy (non-hydrogen) atoms. The summed E-state index contributed by atoms with van der Waals surface area (Å²) in [6.45, 7) is 0.0730. The molecule has 5 nitrogen and oxygen atoms in total. The summed E-state index contributed by atoms with van der Waals surface area (Å²) in [5.41, 5.74) is 2.08. The zero-order chi connectivity index (χ0) is 27.8. The quantitative estimate of drug-likeness (QED) is 0.249. The fourth-order valence-electron chi connectivity index (χ4n) is 4.81. The third-order valence-corrected chi connectivity index (χ3v) is 8.25. The highest BCUT2D eigenvalue weighted by Gasteiger charge is 2.30. The van der Waals surface area contributed by atoms with Crippen LogP contribution in [0.15, 0.2) is 71.8 Å². The molecule has 206 valence electrons. The number of aromatic nitrogens is 1. The number of hydrogen-bond donors (Lipinski definition) is 2. The average Bonchev–Trinajstić information content (AvgIpc) is 2.93. The van der Waals surface area contributed by atoms with E-state index in [1.165, 1.54) is 44.2 Å². The number of amides is 1. The molecule has 0 spiro atoms. The zero-order valence-corrected chi connectivity index (χ0v) is 22.2. The van der Waals surface area contributed by atoms with Crippen molar-refractivity contribution in [3.05, 3.63) is 83.6 Å². The number of rotatable bonds is 10. The average molecular weight is 557 g/mol. The van der Waals surface area contributed by atoms with Gasteiger partial charge >= 0.3 is 12.1 Å². The van der Waals surface area contributed by atoms with Crippen LogP contribution in [-0.2, 0) is 11.0 Å². The van der Waals surface area contributed by atoms with Crippen molar-refractivity contribution in [2.24, 2.45) is 5.92 Å². The van der Waals surface area contributed by atoms with E-state index >= 15 is 0 Å². The molecule has 0 aliphatic heterocycles. The number of carbonyl (C=O) groups excluding carboxylic acids is 1. The number of hydrogen-bond acceptors (Lipinski definition) is 4. The molecule has 0 bridgehead atoms. The summed E-state index contributed by atoms with van der Waals surface area (Å²) in [7, 11) is 0. The van der Waals surface area contributed by atoms with E-state index in [1.54, 1.807) is 23.9 Å². The molecule has 1 fully saturated rings. The first kappa shape index (κ1) is 28.7. The number of carboxylic acid groups (broad SMARTS) is 1. The predicted molar refractivity (Wildman–Crippen MR) is 145 cm³/mol. The van der Waals surface area contributed by atoms with Gasteiger partial charge in [-0.2, -0.15) is 13.2 Å². The van der Waals surface area contributed by atoms with E-state index in [4.69, 9.17) is 5.11 Å². The van der Waals surface area contributed by atoms with Crippen LogP contribution < -0.4 is 5.32 Å². The highest BCUT2D eigenvalue weighted by molar-refractivity contribution is 7.99. The Balaban J connectivity index is 1.48. The van der Waals surface area contributed by atoms with Gasteiger partial charge in [-0.25, -0.2) is 0 Å². The molecule has 1 aromatic heterocycles. The molecular weight excluding hydrogens is 525 g/mol. The highest BCUT2D eigenvalue weighted by Crippen LogP contribution is 2.43. The number of pyridine rings is 1. The highest BCUT2D eigenvalue weighted by atomic mass is 32.2. The van der Waals surface area contributed by atoms with Crippen molar-refractivity contribution in [2.45, 2.75) is 61.3 Å². The second kappa shape index (κ2) is 13.2. The molecule has 0 radical (unpaired) electrons. The number of nitrogens with zero attached hydrogens (tertiary/aromatic N) is 1. The number of thioether (sulfide) groups is 1. The van der Waals surface area contributed by atoms with Crippen LogP contribution in [0.4, 0.5) is 13.2 Å². The molecule has 0 saturated heterocycles. The minimum Gasteiger partial charge on any atom is -0.481 e. The Bertz CT molecular complexity index is 1240. The molecule has 1 atom stereocenters. The van der Waals surface area contributed by atoms with Gasteiger partial charge in [0.2, 0.25) is 0 Å². The van der Waals surface area contributed by atoms with Crippen LogP contribution in [0.2, 0.25) is 0 Å². The molecule has 3 aromatic rings. The van der Waals surface area contributed by atoms with Gasteiger partial charge in [0.15, 0.2) is 0 Å². The monoisotopic (exact) mass is 556 g/mol. The lowest BCUT2D eigenvalue weighted by Gasteiger charge is -2.26. The summed E-state index contributed by atoms with van der Waals surface area (Å²) < 4.78 is 38.7. The molecule has 2 N–H and O–H groups in total. The number of alkyl halides is 3. The van der Waals surface area contributed by atoms with Gasteiger partial charge in [0.1, 0.15) is 0 Å². The lowest BCUT2D eigenvalue weighted by molar-refractivity contribution is -0.138. The normalized spacial score (nSPS) is 15.1. The van der Waals surface area contributed by atoms with Crippen molar-refractivity contribution in [1.82, 2.24) is 10.3 Å². The van der Waals surface area contributed by atoms with Gasteiger partial charge in [-0.05, 0) is 60.4 Å². The Morgan fingerprint density at radius 3 is 2.26 bits per heavy atom. The van der Waals surface area contributed by atoms with Gasteiger partial charge in [-0.1, -0.05) is 50.3 Å². The number of carbonyl (C=O) groups is 2. The minimum absolute atomic E-state index is 0.0730. The maximum Gasteiger partial charge on any atom is 0.416 e. The van der Waals surface area contributed by atoms with E-state index in [0.717, 1.165) is 29.0 Å². The molecule has 4 rings (SSSR count). The van der Waals surface area contributed by atoms with Gasteiger partial charge in [0.25, 0.3) is 5.91 Å². The second-order valence-corrected chi connectivity index (χ2v) is 11.1. The van der Waals surface area contributed by atoms with Gasteiger partial charge in [-0.15, -0.1) is 11.8 Å². The summed E-state index contributed by atoms with van der Waals surface area (Å²) >= 11 is 1.71. The maximum absolute atomic E-state index is 12.9. The number of carboxylic acids is 1. The first-order chi connectivity index (χ1) is 18.7. The molecular formula is C30H31F3N2O3S. The SMILES string of the molecule is O=C(O)CCNC(=O)c1ccc(S[C@H](CC2CCCCC2)c2ccc(-c3ccc(C(F)(F)F)cc3)nc2)cc1. The zero-order valence-electron chi connectivity index (χ0n) is 21.4. The first-order valence-electron chi connectivity index (χ1n) is 13.1. The molecule has 2 aromatic carbocycles. The lowest BCUT2D eigenvalue weighted by atomic mass is 9.85. The second-order valence-electron chi connectivity index (χ2n) is 9.82. The predicted octanol–water partition coefficient (Wildman–Crippen LogP) is 7.78. The van der Waals surface area contributed by atoms with Crippen LogP contribution in [0.1, 0.15) is 71.7 Å². The Morgan fingerprint density at radius 2 is 1.67 bits per heavy atom. The number of aliphatic carboxylic acids is 1. The summed E-state index contributed by atoms with van der Waals surface area (Å²) in [5, 5.41) is 11.5. The van der Waals surface area contributed by atoms with Crippen molar-refractivity contribution >= 4 is 23.6 Å². The lowest BCUT2D eigenvalue weighted by Crippen LogP contribution is -2.25. The van der Waals surface area contributed by atoms with E-state index in [0.29, 0.717) is 22.7 Å². The smallest absolute Gasteiger partial charge is 0.416 e. The van der Waals surface area contributed by atoms with E-state index in [2.05, 4.69) is 10.3 Å². The number of halogens is 3. The van der Waals surface area contributed by atoms with Crippen molar-refractivity contribution in [2.75, 3.05) is 6.54 Å². The largest absolute Gasteiger partial charge is 0.481 e. The standard InChI is InChI=1S/C30H31F3N2O3S/c31-30(32,33)24-11-6-21(7-12-24)26-15-10-23(19-35-26)27(18-20-4-2-1-3-5-20)39-25-13-8-22(9-14-25)29(38)34-17-16-28(36)37/h6-15,19-20,27H,1-5,16-18H2,(H,34,38)(H,36,37)/t27-/m1/s1. The Kier molecular flexibility index (Phi) is 9.67. The molecule has 1 aliphatic carbocycles. The van der Waals surface area contributed by atoms with Crippen LogP contribution >= 0.6 is 11.8 Å². The summed E-state index contributed by atoms with van der Waals surface area (Å²) in [6, 6.07) is 16.2. The van der Waals surface area contributed by atoms with Gasteiger partial charge in [-0.3, -0.25) is 14.6 Å². The van der Waals surface area contributed by atoms with E-state index < -0.39 is 17.7 Å². The molecule has 0 unspecified atom stereocenters. The topological polar surface area (TPSA) is 79.3 Å². The van der Waals surface area contributed by atoms with Crippen LogP contribution in [0, 0.1) is 5.92 Å².